The number of nitrogens with zero attached hydrogens (tertiary/aromatic N) is 2. The number of ether oxygens (including phenoxy) is 1. The van der Waals surface area contributed by atoms with E-state index in [-0.39, 0.29) is 35.5 Å². The number of carbonyl (C=O) groups excluding carboxylic acids is 1. The third kappa shape index (κ3) is 5.49. The summed E-state index contributed by atoms with van der Waals surface area (Å²) < 4.78 is 60.6. The van der Waals surface area contributed by atoms with E-state index in [1.165, 1.54) is 32.9 Å². The first kappa shape index (κ1) is 24.8. The van der Waals surface area contributed by atoms with Crippen LogP contribution in [0.3, 0.4) is 0 Å². The van der Waals surface area contributed by atoms with Crippen LogP contribution in [-0.2, 0) is 29.6 Å². The molecule has 4 rings (SSSR count). The first-order valence-corrected chi connectivity index (χ1v) is 14.2. The maximum Gasteiger partial charge on any atom is 0.243 e. The average Bonchev–Trinajstić information content (AvgIpc) is 3.38. The largest absolute Gasteiger partial charge is 0.379 e. The molecule has 34 heavy (non-hydrogen) atoms. The highest BCUT2D eigenvalue weighted by Crippen LogP contribution is 2.29. The summed E-state index contributed by atoms with van der Waals surface area (Å²) in [5.41, 5.74) is 0.592. The molecule has 1 saturated carbocycles. The van der Waals surface area contributed by atoms with Gasteiger partial charge in [-0.15, -0.1) is 0 Å². The molecule has 0 bridgehead atoms. The summed E-state index contributed by atoms with van der Waals surface area (Å²) in [6, 6.07) is 13.8. The van der Waals surface area contributed by atoms with Crippen LogP contribution in [0.2, 0.25) is 0 Å². The summed E-state index contributed by atoms with van der Waals surface area (Å²) in [6.07, 6.45) is 3.16. The van der Waals surface area contributed by atoms with Crippen LogP contribution in [0, 0.1) is 0 Å². The van der Waals surface area contributed by atoms with Crippen LogP contribution in [0.5, 0.6) is 0 Å². The van der Waals surface area contributed by atoms with E-state index in [1.807, 2.05) is 6.07 Å². The van der Waals surface area contributed by atoms with Crippen LogP contribution in [0.25, 0.3) is 0 Å². The monoisotopic (exact) mass is 507 g/mol. The molecule has 1 N–H and O–H groups in total. The van der Waals surface area contributed by atoms with Gasteiger partial charge in [-0.25, -0.2) is 16.8 Å². The number of para-hydroxylation sites is 1. The van der Waals surface area contributed by atoms with Crippen molar-refractivity contribution in [2.75, 3.05) is 38.2 Å². The van der Waals surface area contributed by atoms with Crippen molar-refractivity contribution in [1.82, 2.24) is 8.61 Å². The van der Waals surface area contributed by atoms with Crippen molar-refractivity contribution in [3.63, 3.8) is 0 Å². The molecule has 2 aromatic carbocycles. The number of amides is 1. The average molecular weight is 508 g/mol. The van der Waals surface area contributed by atoms with Gasteiger partial charge >= 0.3 is 0 Å². The normalized spacial score (nSPS) is 18.3. The Morgan fingerprint density at radius 1 is 0.912 bits per heavy atom. The van der Waals surface area contributed by atoms with Gasteiger partial charge in [-0.3, -0.25) is 4.79 Å². The Morgan fingerprint density at radius 2 is 1.50 bits per heavy atom. The molecular weight excluding hydrogens is 478 g/mol. The van der Waals surface area contributed by atoms with E-state index in [9.17, 15) is 21.6 Å². The summed E-state index contributed by atoms with van der Waals surface area (Å²) in [4.78, 5) is 12.7. The van der Waals surface area contributed by atoms with Crippen molar-refractivity contribution in [3.05, 3.63) is 54.6 Å². The van der Waals surface area contributed by atoms with E-state index in [2.05, 4.69) is 5.32 Å². The molecule has 184 valence electrons. The number of hydrogen-bond donors (Lipinski definition) is 1. The summed E-state index contributed by atoms with van der Waals surface area (Å²) in [5.74, 6) is -0.423. The van der Waals surface area contributed by atoms with Crippen LogP contribution in [0.15, 0.2) is 64.4 Å². The zero-order chi connectivity index (χ0) is 24.2. The van der Waals surface area contributed by atoms with Crippen LogP contribution < -0.4 is 5.32 Å². The van der Waals surface area contributed by atoms with Gasteiger partial charge < -0.3 is 10.1 Å². The predicted octanol–water partition coefficient (Wildman–Crippen LogP) is 2.28. The molecule has 1 amide bonds. The Morgan fingerprint density at radius 3 is 2.12 bits per heavy atom. The Balaban J connectivity index is 1.55. The number of sulfonamides is 2. The minimum Gasteiger partial charge on any atom is -0.379 e. The lowest BCUT2D eigenvalue weighted by Crippen LogP contribution is -2.43. The van der Waals surface area contributed by atoms with Crippen molar-refractivity contribution in [3.8, 4) is 0 Å². The standard InChI is InChI=1S/C23H29N3O6S2/c27-23(24-19-6-2-1-3-7-19)18-26(20-8-4-5-9-20)34(30,31)22-12-10-21(11-13-22)33(28,29)25-14-16-32-17-15-25/h1-3,6-7,10-13,20H,4-5,8-9,14-18H2,(H,24,27). The molecule has 1 aliphatic carbocycles. The Kier molecular flexibility index (Phi) is 7.68. The zero-order valence-electron chi connectivity index (χ0n) is 18.8. The minimum absolute atomic E-state index is 0.0302. The van der Waals surface area contributed by atoms with Gasteiger partial charge in [0.05, 0.1) is 29.5 Å². The van der Waals surface area contributed by atoms with Crippen molar-refractivity contribution in [1.29, 1.82) is 0 Å². The van der Waals surface area contributed by atoms with Crippen molar-refractivity contribution in [2.24, 2.45) is 0 Å². The number of morpholine rings is 1. The van der Waals surface area contributed by atoms with Gasteiger partial charge in [-0.05, 0) is 49.2 Å². The molecule has 1 heterocycles. The fraction of sp³-hybridized carbons (Fsp3) is 0.435. The van der Waals surface area contributed by atoms with Gasteiger partial charge in [0.25, 0.3) is 0 Å². The molecule has 2 fully saturated rings. The molecule has 2 aliphatic rings. The van der Waals surface area contributed by atoms with Gasteiger partial charge in [0.15, 0.2) is 0 Å². The van der Waals surface area contributed by atoms with Gasteiger partial charge in [0, 0.05) is 24.8 Å². The summed E-state index contributed by atoms with van der Waals surface area (Å²) in [6.45, 7) is 0.860. The van der Waals surface area contributed by atoms with E-state index in [1.54, 1.807) is 24.3 Å². The van der Waals surface area contributed by atoms with E-state index >= 15 is 0 Å². The topological polar surface area (TPSA) is 113 Å². The van der Waals surface area contributed by atoms with E-state index in [0.29, 0.717) is 31.7 Å². The smallest absolute Gasteiger partial charge is 0.243 e. The molecule has 11 heteroatoms. The predicted molar refractivity (Wildman–Crippen MR) is 127 cm³/mol. The molecule has 0 atom stereocenters. The summed E-state index contributed by atoms with van der Waals surface area (Å²) >= 11 is 0. The summed E-state index contributed by atoms with van der Waals surface area (Å²) in [5, 5.41) is 2.74. The molecule has 0 unspecified atom stereocenters. The molecular formula is C23H29N3O6S2. The maximum atomic E-state index is 13.5. The highest BCUT2D eigenvalue weighted by molar-refractivity contribution is 7.89. The van der Waals surface area contributed by atoms with Crippen LogP contribution in [0.4, 0.5) is 5.69 Å². The summed E-state index contributed by atoms with van der Waals surface area (Å²) in [7, 11) is -7.75. The van der Waals surface area contributed by atoms with Gasteiger partial charge in [-0.2, -0.15) is 8.61 Å². The quantitative estimate of drug-likeness (QED) is 0.587. The number of rotatable bonds is 8. The second-order valence-corrected chi connectivity index (χ2v) is 12.2. The number of nitrogens with one attached hydrogen (secondary N) is 1. The fourth-order valence-electron chi connectivity index (χ4n) is 4.32. The highest BCUT2D eigenvalue weighted by Gasteiger charge is 2.35. The molecule has 2 aromatic rings. The zero-order valence-corrected chi connectivity index (χ0v) is 20.4. The lowest BCUT2D eigenvalue weighted by molar-refractivity contribution is -0.116. The second-order valence-electron chi connectivity index (χ2n) is 8.39. The van der Waals surface area contributed by atoms with Crippen LogP contribution in [-0.4, -0.2) is 70.2 Å². The minimum atomic E-state index is -4.01. The van der Waals surface area contributed by atoms with Gasteiger partial charge in [0.2, 0.25) is 26.0 Å². The third-order valence-corrected chi connectivity index (χ3v) is 9.95. The van der Waals surface area contributed by atoms with Crippen LogP contribution >= 0.6 is 0 Å². The first-order chi connectivity index (χ1) is 16.3. The molecule has 9 nitrogen and oxygen atoms in total. The lowest BCUT2D eigenvalue weighted by Gasteiger charge is -2.28. The van der Waals surface area contributed by atoms with Gasteiger partial charge in [0.1, 0.15) is 0 Å². The number of benzene rings is 2. The lowest BCUT2D eigenvalue weighted by atomic mass is 10.2. The first-order valence-electron chi connectivity index (χ1n) is 11.3. The molecule has 0 aromatic heterocycles. The Labute approximate surface area is 200 Å². The Bertz CT molecular complexity index is 1190. The fourth-order valence-corrected chi connectivity index (χ4v) is 7.37. The van der Waals surface area contributed by atoms with Crippen LogP contribution in [0.1, 0.15) is 25.7 Å². The number of anilines is 1. The Hall–Kier alpha value is -2.31. The SMILES string of the molecule is O=C(CN(C1CCCC1)S(=O)(=O)c1ccc(S(=O)(=O)N2CCOCC2)cc1)Nc1ccccc1. The van der Waals surface area contributed by atoms with Crippen molar-refractivity contribution >= 4 is 31.6 Å². The highest BCUT2D eigenvalue weighted by atomic mass is 32.2. The van der Waals surface area contributed by atoms with E-state index in [0.717, 1.165) is 12.8 Å². The number of carbonyl (C=O) groups is 1. The van der Waals surface area contributed by atoms with Gasteiger partial charge in [-0.1, -0.05) is 31.0 Å². The molecule has 0 spiro atoms. The van der Waals surface area contributed by atoms with Crippen molar-refractivity contribution in [2.45, 2.75) is 41.5 Å². The second kappa shape index (κ2) is 10.5. The van der Waals surface area contributed by atoms with Crippen molar-refractivity contribution < 1.29 is 26.4 Å². The van der Waals surface area contributed by atoms with E-state index in [4.69, 9.17) is 4.74 Å². The molecule has 1 saturated heterocycles. The third-order valence-electron chi connectivity index (χ3n) is 6.13. The number of hydrogen-bond acceptors (Lipinski definition) is 6. The van der Waals surface area contributed by atoms with E-state index < -0.39 is 26.0 Å². The molecule has 1 aliphatic heterocycles. The maximum absolute atomic E-state index is 13.5. The molecule has 0 radical (unpaired) electrons.